The van der Waals surface area contributed by atoms with Gasteiger partial charge in [0.1, 0.15) is 6.07 Å². The van der Waals surface area contributed by atoms with Crippen molar-refractivity contribution in [3.8, 4) is 6.07 Å². The van der Waals surface area contributed by atoms with Crippen LogP contribution in [0.3, 0.4) is 0 Å². The van der Waals surface area contributed by atoms with Crippen molar-refractivity contribution in [1.29, 1.82) is 5.26 Å². The molecule has 0 fully saturated rings. The SMILES string of the molecule is C=CCC(N)c1ccc(Br)c(C#N)c1. The molecule has 2 N–H and O–H groups in total. The van der Waals surface area contributed by atoms with Gasteiger partial charge in [0.15, 0.2) is 0 Å². The van der Waals surface area contributed by atoms with Crippen LogP contribution in [0.15, 0.2) is 35.3 Å². The standard InChI is InChI=1S/C11H11BrN2/c1-2-3-11(14)8-4-5-10(12)9(6-8)7-13/h2,4-6,11H,1,3,14H2. The zero-order valence-electron chi connectivity index (χ0n) is 7.70. The highest BCUT2D eigenvalue weighted by Crippen LogP contribution is 2.21. The van der Waals surface area contributed by atoms with E-state index in [0.29, 0.717) is 12.0 Å². The Bertz CT molecular complexity index is 379. The van der Waals surface area contributed by atoms with Crippen molar-refractivity contribution in [2.75, 3.05) is 0 Å². The average Bonchev–Trinajstić information content (AvgIpc) is 2.19. The van der Waals surface area contributed by atoms with Crippen molar-refractivity contribution in [1.82, 2.24) is 0 Å². The fraction of sp³-hybridized carbons (Fsp3) is 0.182. The normalized spacial score (nSPS) is 11.8. The molecule has 72 valence electrons. The van der Waals surface area contributed by atoms with E-state index in [9.17, 15) is 0 Å². The number of nitrogens with zero attached hydrogens (tertiary/aromatic N) is 1. The van der Waals surface area contributed by atoms with Crippen LogP contribution in [0, 0.1) is 11.3 Å². The van der Waals surface area contributed by atoms with Crippen molar-refractivity contribution in [3.05, 3.63) is 46.5 Å². The maximum absolute atomic E-state index is 8.81. The van der Waals surface area contributed by atoms with Crippen LogP contribution in [0.1, 0.15) is 23.6 Å². The first-order chi connectivity index (χ1) is 6.69. The molecule has 1 aromatic rings. The Labute approximate surface area is 92.2 Å². The van der Waals surface area contributed by atoms with Gasteiger partial charge in [-0.25, -0.2) is 0 Å². The predicted molar refractivity (Wildman–Crippen MR) is 60.6 cm³/mol. The third kappa shape index (κ3) is 2.44. The zero-order valence-corrected chi connectivity index (χ0v) is 9.29. The monoisotopic (exact) mass is 250 g/mol. The quantitative estimate of drug-likeness (QED) is 0.839. The fourth-order valence-electron chi connectivity index (χ4n) is 1.17. The Kier molecular flexibility index (Phi) is 3.87. The number of nitriles is 1. The lowest BCUT2D eigenvalue weighted by molar-refractivity contribution is 0.741. The molecule has 0 amide bonds. The summed E-state index contributed by atoms with van der Waals surface area (Å²) in [5.74, 6) is 0. The summed E-state index contributed by atoms with van der Waals surface area (Å²) in [5.41, 5.74) is 7.46. The van der Waals surface area contributed by atoms with Crippen LogP contribution < -0.4 is 5.73 Å². The van der Waals surface area contributed by atoms with Crippen molar-refractivity contribution < 1.29 is 0 Å². The van der Waals surface area contributed by atoms with Gasteiger partial charge in [-0.1, -0.05) is 12.1 Å². The highest BCUT2D eigenvalue weighted by molar-refractivity contribution is 9.10. The Balaban J connectivity index is 3.01. The molecule has 0 bridgehead atoms. The molecule has 0 radical (unpaired) electrons. The second-order valence-corrected chi connectivity index (χ2v) is 3.84. The Morgan fingerprint density at radius 2 is 2.36 bits per heavy atom. The Morgan fingerprint density at radius 3 is 2.93 bits per heavy atom. The third-order valence-electron chi connectivity index (χ3n) is 1.96. The lowest BCUT2D eigenvalue weighted by atomic mass is 10.0. The summed E-state index contributed by atoms with van der Waals surface area (Å²) in [4.78, 5) is 0. The molecule has 2 nitrogen and oxygen atoms in total. The molecule has 0 aromatic heterocycles. The van der Waals surface area contributed by atoms with E-state index in [0.717, 1.165) is 10.0 Å². The number of rotatable bonds is 3. The number of nitrogens with two attached hydrogens (primary N) is 1. The summed E-state index contributed by atoms with van der Waals surface area (Å²) in [6.07, 6.45) is 2.49. The maximum Gasteiger partial charge on any atom is 0.100 e. The molecule has 0 spiro atoms. The summed E-state index contributed by atoms with van der Waals surface area (Å²) in [6, 6.07) is 7.59. The molecule has 3 heteroatoms. The minimum Gasteiger partial charge on any atom is -0.324 e. The lowest BCUT2D eigenvalue weighted by Gasteiger charge is -2.09. The molecule has 0 aliphatic heterocycles. The first-order valence-electron chi connectivity index (χ1n) is 4.25. The van der Waals surface area contributed by atoms with Crippen molar-refractivity contribution >= 4 is 15.9 Å². The predicted octanol–water partition coefficient (Wildman–Crippen LogP) is 2.90. The van der Waals surface area contributed by atoms with Gasteiger partial charge in [0.25, 0.3) is 0 Å². The number of hydrogen-bond acceptors (Lipinski definition) is 2. The smallest absolute Gasteiger partial charge is 0.100 e. The van der Waals surface area contributed by atoms with Crippen LogP contribution in [-0.4, -0.2) is 0 Å². The van der Waals surface area contributed by atoms with E-state index >= 15 is 0 Å². The molecule has 0 saturated carbocycles. The molecule has 0 aliphatic rings. The molecule has 14 heavy (non-hydrogen) atoms. The molecular weight excluding hydrogens is 240 g/mol. The fourth-order valence-corrected chi connectivity index (χ4v) is 1.51. The minimum absolute atomic E-state index is 0.0762. The second-order valence-electron chi connectivity index (χ2n) is 2.98. The topological polar surface area (TPSA) is 49.8 Å². The zero-order chi connectivity index (χ0) is 10.6. The molecule has 0 saturated heterocycles. The average molecular weight is 251 g/mol. The number of halogens is 1. The Hall–Kier alpha value is -1.11. The number of benzene rings is 1. The van der Waals surface area contributed by atoms with E-state index in [1.54, 1.807) is 12.1 Å². The van der Waals surface area contributed by atoms with Crippen LogP contribution >= 0.6 is 15.9 Å². The molecule has 1 rings (SSSR count). The van der Waals surface area contributed by atoms with Crippen LogP contribution in [0.25, 0.3) is 0 Å². The lowest BCUT2D eigenvalue weighted by Crippen LogP contribution is -2.09. The molecule has 1 unspecified atom stereocenters. The maximum atomic E-state index is 8.81. The van der Waals surface area contributed by atoms with Gasteiger partial charge in [0, 0.05) is 10.5 Å². The van der Waals surface area contributed by atoms with E-state index in [2.05, 4.69) is 28.6 Å². The summed E-state index contributed by atoms with van der Waals surface area (Å²) in [5, 5.41) is 8.81. The summed E-state index contributed by atoms with van der Waals surface area (Å²) in [6.45, 7) is 3.63. The van der Waals surface area contributed by atoms with E-state index in [1.807, 2.05) is 12.1 Å². The van der Waals surface area contributed by atoms with Crippen LogP contribution in [0.2, 0.25) is 0 Å². The van der Waals surface area contributed by atoms with Gasteiger partial charge in [0.2, 0.25) is 0 Å². The first-order valence-corrected chi connectivity index (χ1v) is 5.04. The van der Waals surface area contributed by atoms with Crippen molar-refractivity contribution in [2.24, 2.45) is 5.73 Å². The summed E-state index contributed by atoms with van der Waals surface area (Å²) in [7, 11) is 0. The van der Waals surface area contributed by atoms with Gasteiger partial charge in [-0.15, -0.1) is 6.58 Å². The molecule has 1 aromatic carbocycles. The van der Waals surface area contributed by atoms with Crippen LogP contribution in [0.4, 0.5) is 0 Å². The van der Waals surface area contributed by atoms with Crippen molar-refractivity contribution in [2.45, 2.75) is 12.5 Å². The Morgan fingerprint density at radius 1 is 1.64 bits per heavy atom. The van der Waals surface area contributed by atoms with Gasteiger partial charge in [-0.3, -0.25) is 0 Å². The molecule has 0 aliphatic carbocycles. The second kappa shape index (κ2) is 4.94. The van der Waals surface area contributed by atoms with Crippen LogP contribution in [-0.2, 0) is 0 Å². The third-order valence-corrected chi connectivity index (χ3v) is 2.65. The summed E-state index contributed by atoms with van der Waals surface area (Å²) < 4.78 is 0.801. The highest BCUT2D eigenvalue weighted by Gasteiger charge is 2.06. The van der Waals surface area contributed by atoms with Gasteiger partial charge in [-0.05, 0) is 40.0 Å². The molecular formula is C11H11BrN2. The van der Waals surface area contributed by atoms with Gasteiger partial charge < -0.3 is 5.73 Å². The van der Waals surface area contributed by atoms with Crippen molar-refractivity contribution in [3.63, 3.8) is 0 Å². The molecule has 0 heterocycles. The van der Waals surface area contributed by atoms with Gasteiger partial charge in [0.05, 0.1) is 5.56 Å². The van der Waals surface area contributed by atoms with Gasteiger partial charge >= 0.3 is 0 Å². The van der Waals surface area contributed by atoms with E-state index < -0.39 is 0 Å². The number of hydrogen-bond donors (Lipinski definition) is 1. The van der Waals surface area contributed by atoms with E-state index in [1.165, 1.54) is 0 Å². The highest BCUT2D eigenvalue weighted by atomic mass is 79.9. The minimum atomic E-state index is -0.0762. The van der Waals surface area contributed by atoms with Crippen LogP contribution in [0.5, 0.6) is 0 Å². The first kappa shape index (κ1) is 11.0. The van der Waals surface area contributed by atoms with Gasteiger partial charge in [-0.2, -0.15) is 5.26 Å². The molecule has 1 atom stereocenters. The van der Waals surface area contributed by atoms with E-state index in [-0.39, 0.29) is 6.04 Å². The summed E-state index contributed by atoms with van der Waals surface area (Å²) >= 11 is 3.30. The van der Waals surface area contributed by atoms with E-state index in [4.69, 9.17) is 11.0 Å². The largest absolute Gasteiger partial charge is 0.324 e.